The lowest BCUT2D eigenvalue weighted by Gasteiger charge is -2.40. The number of halogens is 4. The minimum Gasteiger partial charge on any atom is -0.465 e. The molecule has 1 aromatic heterocycles. The lowest BCUT2D eigenvalue weighted by molar-refractivity contribution is -0.217. The molecule has 190 valence electrons. The van der Waals surface area contributed by atoms with Crippen molar-refractivity contribution in [2.45, 2.75) is 32.2 Å². The molecule has 1 aliphatic heterocycles. The Labute approximate surface area is 197 Å². The second kappa shape index (κ2) is 11.3. The maximum atomic E-state index is 13.2. The number of carbonyl (C=O) groups is 3. The molecule has 0 N–H and O–H groups in total. The van der Waals surface area contributed by atoms with Crippen molar-refractivity contribution in [2.24, 2.45) is 0 Å². The van der Waals surface area contributed by atoms with Gasteiger partial charge in [0.2, 0.25) is 5.91 Å². The molecule has 1 fully saturated rings. The zero-order valence-corrected chi connectivity index (χ0v) is 18.7. The van der Waals surface area contributed by atoms with Crippen molar-refractivity contribution in [3.63, 3.8) is 0 Å². The SMILES string of the molecule is CCOC(=O)CN1CCN(C(=O)CCc2cnoc2-c2ccc(F)cc2)CC1OC(=O)C(F)(F)F. The molecule has 2 heterocycles. The van der Waals surface area contributed by atoms with Crippen molar-refractivity contribution < 1.29 is 45.9 Å². The van der Waals surface area contributed by atoms with Crippen molar-refractivity contribution in [3.05, 3.63) is 41.8 Å². The van der Waals surface area contributed by atoms with Crippen molar-refractivity contribution in [2.75, 3.05) is 32.8 Å². The summed E-state index contributed by atoms with van der Waals surface area (Å²) >= 11 is 0. The summed E-state index contributed by atoms with van der Waals surface area (Å²) in [7, 11) is 0. The molecule has 0 saturated carbocycles. The monoisotopic (exact) mass is 501 g/mol. The van der Waals surface area contributed by atoms with E-state index in [0.29, 0.717) is 16.9 Å². The van der Waals surface area contributed by atoms with E-state index in [1.807, 2.05) is 0 Å². The molecule has 1 saturated heterocycles. The first-order valence-electron chi connectivity index (χ1n) is 10.7. The number of piperazine rings is 1. The van der Waals surface area contributed by atoms with Crippen molar-refractivity contribution >= 4 is 17.8 Å². The Bertz CT molecular complexity index is 1040. The van der Waals surface area contributed by atoms with Crippen LogP contribution in [-0.4, -0.2) is 78.0 Å². The lowest BCUT2D eigenvalue weighted by Crippen LogP contribution is -2.58. The van der Waals surface area contributed by atoms with Gasteiger partial charge in [-0.25, -0.2) is 9.18 Å². The molecular formula is C22H23F4N3O6. The molecule has 0 spiro atoms. The number of nitrogens with zero attached hydrogens (tertiary/aromatic N) is 3. The van der Waals surface area contributed by atoms with E-state index in [9.17, 15) is 31.9 Å². The molecule has 1 aromatic carbocycles. The zero-order chi connectivity index (χ0) is 25.6. The van der Waals surface area contributed by atoms with Crippen LogP contribution in [0.15, 0.2) is 35.0 Å². The summed E-state index contributed by atoms with van der Waals surface area (Å²) in [6.45, 7) is 1.00. The van der Waals surface area contributed by atoms with E-state index in [2.05, 4.69) is 9.89 Å². The van der Waals surface area contributed by atoms with Crippen molar-refractivity contribution in [1.82, 2.24) is 15.0 Å². The number of esters is 2. The molecular weight excluding hydrogens is 478 g/mol. The summed E-state index contributed by atoms with van der Waals surface area (Å²) in [5, 5.41) is 3.72. The third-order valence-corrected chi connectivity index (χ3v) is 5.26. The van der Waals surface area contributed by atoms with Crippen LogP contribution < -0.4 is 0 Å². The van der Waals surface area contributed by atoms with Crippen LogP contribution in [0.3, 0.4) is 0 Å². The summed E-state index contributed by atoms with van der Waals surface area (Å²) in [4.78, 5) is 38.5. The molecule has 2 aromatic rings. The quantitative estimate of drug-likeness (QED) is 0.402. The molecule has 1 amide bonds. The second-order valence-electron chi connectivity index (χ2n) is 7.66. The molecule has 0 bridgehead atoms. The Morgan fingerprint density at radius 3 is 2.54 bits per heavy atom. The number of ether oxygens (including phenoxy) is 2. The van der Waals surface area contributed by atoms with Crippen LogP contribution in [0.4, 0.5) is 17.6 Å². The number of alkyl halides is 3. The Morgan fingerprint density at radius 2 is 1.89 bits per heavy atom. The summed E-state index contributed by atoms with van der Waals surface area (Å²) in [6, 6.07) is 5.52. The largest absolute Gasteiger partial charge is 0.490 e. The zero-order valence-electron chi connectivity index (χ0n) is 18.7. The van der Waals surface area contributed by atoms with Gasteiger partial charge in [-0.15, -0.1) is 0 Å². The first kappa shape index (κ1) is 26.1. The van der Waals surface area contributed by atoms with E-state index in [-0.39, 0.29) is 39.1 Å². The molecule has 35 heavy (non-hydrogen) atoms. The van der Waals surface area contributed by atoms with Crippen LogP contribution >= 0.6 is 0 Å². The minimum absolute atomic E-state index is 0.00550. The second-order valence-corrected chi connectivity index (χ2v) is 7.66. The van der Waals surface area contributed by atoms with Crippen LogP contribution in [0.5, 0.6) is 0 Å². The van der Waals surface area contributed by atoms with Gasteiger partial charge in [0.25, 0.3) is 0 Å². The fraction of sp³-hybridized carbons (Fsp3) is 0.455. The Hall–Kier alpha value is -3.48. The Morgan fingerprint density at radius 1 is 1.17 bits per heavy atom. The molecule has 3 rings (SSSR count). The van der Waals surface area contributed by atoms with Gasteiger partial charge < -0.3 is 18.9 Å². The highest BCUT2D eigenvalue weighted by atomic mass is 19.4. The summed E-state index contributed by atoms with van der Waals surface area (Å²) in [6.07, 6.45) is -5.11. The van der Waals surface area contributed by atoms with Gasteiger partial charge in [0.05, 0.1) is 25.9 Å². The highest BCUT2D eigenvalue weighted by Crippen LogP contribution is 2.25. The number of benzene rings is 1. The van der Waals surface area contributed by atoms with Crippen molar-refractivity contribution in [1.29, 1.82) is 0 Å². The standard InChI is InChI=1S/C22H23F4N3O6/c1-2-33-19(31)13-29-10-9-28(12-18(29)34-21(32)22(24,25)26)17(30)8-5-15-11-27-35-20(15)14-3-6-16(23)7-4-14/h3-4,6-7,11,18H,2,5,8-10,12-13H2,1H3. The van der Waals surface area contributed by atoms with Gasteiger partial charge in [-0.05, 0) is 37.6 Å². The highest BCUT2D eigenvalue weighted by Gasteiger charge is 2.44. The topological polar surface area (TPSA) is 102 Å². The van der Waals surface area contributed by atoms with Crippen LogP contribution in [0, 0.1) is 5.82 Å². The predicted molar refractivity (Wildman–Crippen MR) is 111 cm³/mol. The van der Waals surface area contributed by atoms with E-state index >= 15 is 0 Å². The first-order valence-corrected chi connectivity index (χ1v) is 10.7. The third kappa shape index (κ3) is 7.01. The molecule has 0 radical (unpaired) electrons. The van der Waals surface area contributed by atoms with Gasteiger partial charge >= 0.3 is 18.1 Å². The van der Waals surface area contributed by atoms with Gasteiger partial charge in [-0.1, -0.05) is 5.16 Å². The average molecular weight is 501 g/mol. The van der Waals surface area contributed by atoms with Gasteiger partial charge in [0, 0.05) is 30.6 Å². The van der Waals surface area contributed by atoms with Crippen LogP contribution in [0.25, 0.3) is 11.3 Å². The summed E-state index contributed by atoms with van der Waals surface area (Å²) in [5.74, 6) is -3.57. The number of aryl methyl sites for hydroxylation is 1. The van der Waals surface area contributed by atoms with Crippen molar-refractivity contribution in [3.8, 4) is 11.3 Å². The lowest BCUT2D eigenvalue weighted by atomic mass is 10.0. The number of hydrogen-bond acceptors (Lipinski definition) is 8. The highest BCUT2D eigenvalue weighted by molar-refractivity contribution is 5.78. The van der Waals surface area contributed by atoms with Crippen LogP contribution in [0.1, 0.15) is 18.9 Å². The van der Waals surface area contributed by atoms with E-state index < -0.39 is 42.6 Å². The first-order chi connectivity index (χ1) is 16.6. The molecule has 13 heteroatoms. The van der Waals surface area contributed by atoms with E-state index in [4.69, 9.17) is 9.26 Å². The average Bonchev–Trinajstić information content (AvgIpc) is 3.27. The number of rotatable bonds is 8. The smallest absolute Gasteiger partial charge is 0.465 e. The maximum absolute atomic E-state index is 13.2. The number of hydrogen-bond donors (Lipinski definition) is 0. The normalized spacial score (nSPS) is 16.7. The van der Waals surface area contributed by atoms with Gasteiger partial charge in [-0.2, -0.15) is 13.2 Å². The van der Waals surface area contributed by atoms with Gasteiger partial charge in [0.15, 0.2) is 12.0 Å². The summed E-state index contributed by atoms with van der Waals surface area (Å²) < 4.78 is 66.0. The van der Waals surface area contributed by atoms with Gasteiger partial charge in [0.1, 0.15) is 5.82 Å². The fourth-order valence-corrected chi connectivity index (χ4v) is 3.55. The van der Waals surface area contributed by atoms with E-state index in [1.165, 1.54) is 40.3 Å². The number of amides is 1. The fourth-order valence-electron chi connectivity index (χ4n) is 3.55. The number of carbonyl (C=O) groups excluding carboxylic acids is 3. The maximum Gasteiger partial charge on any atom is 0.490 e. The van der Waals surface area contributed by atoms with E-state index in [0.717, 1.165) is 0 Å². The van der Waals surface area contributed by atoms with E-state index in [1.54, 1.807) is 6.92 Å². The third-order valence-electron chi connectivity index (χ3n) is 5.26. The Balaban J connectivity index is 1.65. The molecule has 1 aliphatic rings. The molecule has 1 unspecified atom stereocenters. The van der Waals surface area contributed by atoms with Gasteiger partial charge in [-0.3, -0.25) is 14.5 Å². The molecule has 0 aliphatic carbocycles. The Kier molecular flexibility index (Phi) is 8.43. The number of aromatic nitrogens is 1. The van der Waals surface area contributed by atoms with Crippen LogP contribution in [-0.2, 0) is 30.3 Å². The molecule has 1 atom stereocenters. The minimum atomic E-state index is -5.23. The predicted octanol–water partition coefficient (Wildman–Crippen LogP) is 2.55. The summed E-state index contributed by atoms with van der Waals surface area (Å²) in [5.41, 5.74) is 1.16. The van der Waals surface area contributed by atoms with Crippen LogP contribution in [0.2, 0.25) is 0 Å². The molecule has 9 nitrogen and oxygen atoms in total.